The average Bonchev–Trinajstić information content (AvgIpc) is 3.34. The number of guanidine groups is 1. The molecule has 34 heavy (non-hydrogen) atoms. The molecular formula is C24H33N5O5. The fourth-order valence-corrected chi connectivity index (χ4v) is 3.40. The largest absolute Gasteiger partial charge is 0.444 e. The minimum Gasteiger partial charge on any atom is -0.444 e. The number of hydrogen-bond acceptors (Lipinski definition) is 7. The van der Waals surface area contributed by atoms with Gasteiger partial charge >= 0.3 is 12.2 Å². The smallest absolute Gasteiger partial charge is 0.437 e. The number of nitrogens with one attached hydrogen (secondary N) is 1. The summed E-state index contributed by atoms with van der Waals surface area (Å²) in [7, 11) is 0. The lowest BCUT2D eigenvalue weighted by atomic mass is 10.1. The van der Waals surface area contributed by atoms with Crippen molar-refractivity contribution in [3.8, 4) is 11.4 Å². The number of amides is 2. The standard InChI is InChI=1S/C24H33N5O5/c1-15-10-12-16(13-11-15)18-25-19(34-28-18)17-9-8-14-29(17)20(26-21(30)32-23(2,3)4)27-22(31)33-24(5,6)7/h10-13,17H,8-9,14H2,1-7H3,(H,26,27,30,31). The van der Waals surface area contributed by atoms with E-state index in [9.17, 15) is 9.59 Å². The summed E-state index contributed by atoms with van der Waals surface area (Å²) in [5.41, 5.74) is 0.503. The number of rotatable bonds is 2. The van der Waals surface area contributed by atoms with Gasteiger partial charge in [0.1, 0.15) is 17.2 Å². The molecule has 1 aliphatic rings. The molecule has 0 aliphatic carbocycles. The number of aryl methyl sites for hydroxylation is 1. The van der Waals surface area contributed by atoms with Gasteiger partial charge in [0.2, 0.25) is 17.7 Å². The highest BCUT2D eigenvalue weighted by molar-refractivity contribution is 5.99. The van der Waals surface area contributed by atoms with E-state index in [1.54, 1.807) is 46.4 Å². The summed E-state index contributed by atoms with van der Waals surface area (Å²) >= 11 is 0. The van der Waals surface area contributed by atoms with Crippen molar-refractivity contribution >= 4 is 18.1 Å². The normalized spacial score (nSPS) is 17.0. The molecule has 0 bridgehead atoms. The van der Waals surface area contributed by atoms with Gasteiger partial charge in [-0.1, -0.05) is 35.0 Å². The number of aromatic nitrogens is 2. The lowest BCUT2D eigenvalue weighted by molar-refractivity contribution is 0.0553. The molecule has 10 heteroatoms. The van der Waals surface area contributed by atoms with Gasteiger partial charge in [0.15, 0.2) is 0 Å². The van der Waals surface area contributed by atoms with Crippen molar-refractivity contribution in [3.05, 3.63) is 35.7 Å². The maximum atomic E-state index is 12.5. The molecule has 2 aromatic rings. The van der Waals surface area contributed by atoms with Crippen molar-refractivity contribution in [2.75, 3.05) is 6.54 Å². The van der Waals surface area contributed by atoms with Gasteiger partial charge in [-0.2, -0.15) is 4.98 Å². The second-order valence-electron chi connectivity index (χ2n) is 10.2. The molecule has 0 saturated carbocycles. The number of alkyl carbamates (subject to hydrolysis) is 1. The van der Waals surface area contributed by atoms with Crippen molar-refractivity contribution < 1.29 is 23.6 Å². The second-order valence-corrected chi connectivity index (χ2v) is 10.2. The first kappa shape index (κ1) is 25.2. The average molecular weight is 472 g/mol. The molecule has 1 fully saturated rings. The Labute approximate surface area is 199 Å². The number of likely N-dealkylation sites (tertiary alicyclic amines) is 1. The first-order valence-electron chi connectivity index (χ1n) is 11.3. The van der Waals surface area contributed by atoms with Gasteiger partial charge < -0.3 is 18.9 Å². The number of carbonyl (C=O) groups excluding carboxylic acids is 2. The molecule has 184 valence electrons. The van der Waals surface area contributed by atoms with Crippen LogP contribution in [0, 0.1) is 6.92 Å². The van der Waals surface area contributed by atoms with Crippen molar-refractivity contribution in [1.82, 2.24) is 20.4 Å². The minimum absolute atomic E-state index is 0.0149. The zero-order valence-corrected chi connectivity index (χ0v) is 20.8. The van der Waals surface area contributed by atoms with E-state index in [2.05, 4.69) is 20.4 Å². The van der Waals surface area contributed by atoms with Crippen LogP contribution < -0.4 is 5.32 Å². The number of nitrogens with zero attached hydrogens (tertiary/aromatic N) is 4. The molecule has 1 atom stereocenters. The molecule has 1 saturated heterocycles. The molecule has 1 N–H and O–H groups in total. The fraction of sp³-hybridized carbons (Fsp3) is 0.542. The van der Waals surface area contributed by atoms with Crippen LogP contribution >= 0.6 is 0 Å². The molecule has 0 spiro atoms. The molecule has 1 aromatic heterocycles. The number of aliphatic imine (C=N–C) groups is 1. The van der Waals surface area contributed by atoms with Gasteiger partial charge in [-0.15, -0.1) is 4.99 Å². The van der Waals surface area contributed by atoms with Gasteiger partial charge in [0.25, 0.3) is 0 Å². The zero-order chi connectivity index (χ0) is 25.1. The minimum atomic E-state index is -0.824. The summed E-state index contributed by atoms with van der Waals surface area (Å²) in [5.74, 6) is 0.852. The molecule has 0 radical (unpaired) electrons. The van der Waals surface area contributed by atoms with E-state index in [4.69, 9.17) is 14.0 Å². The van der Waals surface area contributed by atoms with Gasteiger partial charge in [-0.25, -0.2) is 9.59 Å². The van der Waals surface area contributed by atoms with Crippen LogP contribution in [-0.4, -0.2) is 50.9 Å². The van der Waals surface area contributed by atoms with E-state index >= 15 is 0 Å². The summed E-state index contributed by atoms with van der Waals surface area (Å²) in [6.07, 6.45) is -0.101. The highest BCUT2D eigenvalue weighted by Gasteiger charge is 2.35. The topological polar surface area (TPSA) is 119 Å². The Balaban J connectivity index is 1.87. The van der Waals surface area contributed by atoms with E-state index in [1.807, 2.05) is 31.2 Å². The Kier molecular flexibility index (Phi) is 7.28. The lowest BCUT2D eigenvalue weighted by Gasteiger charge is -2.27. The van der Waals surface area contributed by atoms with Crippen LogP contribution in [0.25, 0.3) is 11.4 Å². The van der Waals surface area contributed by atoms with Gasteiger partial charge in [0.05, 0.1) is 0 Å². The molecule has 1 aliphatic heterocycles. The highest BCUT2D eigenvalue weighted by atomic mass is 16.6. The van der Waals surface area contributed by atoms with Crippen LogP contribution in [0.3, 0.4) is 0 Å². The van der Waals surface area contributed by atoms with Crippen LogP contribution in [-0.2, 0) is 9.47 Å². The quantitative estimate of drug-likeness (QED) is 0.480. The molecule has 3 rings (SSSR count). The van der Waals surface area contributed by atoms with E-state index in [0.717, 1.165) is 17.5 Å². The molecule has 10 nitrogen and oxygen atoms in total. The number of hydrogen-bond donors (Lipinski definition) is 1. The van der Waals surface area contributed by atoms with E-state index < -0.39 is 23.4 Å². The fourth-order valence-electron chi connectivity index (χ4n) is 3.40. The van der Waals surface area contributed by atoms with Crippen molar-refractivity contribution in [3.63, 3.8) is 0 Å². The summed E-state index contributed by atoms with van der Waals surface area (Å²) in [4.78, 5) is 35.3. The third-order valence-electron chi connectivity index (χ3n) is 4.76. The summed E-state index contributed by atoms with van der Waals surface area (Å²) in [5, 5.41) is 6.72. The Hall–Kier alpha value is -3.43. The Bertz CT molecular complexity index is 1050. The van der Waals surface area contributed by atoms with E-state index in [1.165, 1.54) is 0 Å². The summed E-state index contributed by atoms with van der Waals surface area (Å²) in [6, 6.07) is 7.43. The Morgan fingerprint density at radius 1 is 1.09 bits per heavy atom. The molecule has 1 unspecified atom stereocenters. The SMILES string of the molecule is Cc1ccc(-c2noc(C3CCCN3C(=NC(=O)OC(C)(C)C)NC(=O)OC(C)(C)C)n2)cc1. The Morgan fingerprint density at radius 2 is 1.74 bits per heavy atom. The van der Waals surface area contributed by atoms with Crippen LogP contribution in [0.1, 0.15) is 71.9 Å². The van der Waals surface area contributed by atoms with Crippen LogP contribution in [0.2, 0.25) is 0 Å². The van der Waals surface area contributed by atoms with Gasteiger partial charge in [0, 0.05) is 12.1 Å². The highest BCUT2D eigenvalue weighted by Crippen LogP contribution is 2.32. The first-order chi connectivity index (χ1) is 15.8. The monoisotopic (exact) mass is 471 g/mol. The molecular weight excluding hydrogens is 438 g/mol. The maximum Gasteiger partial charge on any atom is 0.437 e. The predicted molar refractivity (Wildman–Crippen MR) is 126 cm³/mol. The number of ether oxygens (including phenoxy) is 2. The summed E-state index contributed by atoms with van der Waals surface area (Å²) < 4.78 is 16.3. The number of benzene rings is 1. The van der Waals surface area contributed by atoms with Crippen molar-refractivity contribution in [2.24, 2.45) is 4.99 Å². The second kappa shape index (κ2) is 9.82. The number of carbonyl (C=O) groups is 2. The van der Waals surface area contributed by atoms with Gasteiger partial charge in [-0.3, -0.25) is 5.32 Å². The molecule has 2 heterocycles. The van der Waals surface area contributed by atoms with E-state index in [0.29, 0.717) is 24.7 Å². The van der Waals surface area contributed by atoms with Crippen molar-refractivity contribution in [2.45, 2.75) is 78.6 Å². The van der Waals surface area contributed by atoms with Crippen molar-refractivity contribution in [1.29, 1.82) is 0 Å². The first-order valence-corrected chi connectivity index (χ1v) is 11.3. The maximum absolute atomic E-state index is 12.5. The van der Waals surface area contributed by atoms with Gasteiger partial charge in [-0.05, 0) is 61.3 Å². The zero-order valence-electron chi connectivity index (χ0n) is 20.8. The van der Waals surface area contributed by atoms with E-state index in [-0.39, 0.29) is 12.0 Å². The third-order valence-corrected chi connectivity index (χ3v) is 4.76. The molecule has 2 amide bonds. The molecule has 1 aromatic carbocycles. The lowest BCUT2D eigenvalue weighted by Crippen LogP contribution is -2.46. The van der Waals surface area contributed by atoms with Crippen LogP contribution in [0.15, 0.2) is 33.8 Å². The van der Waals surface area contributed by atoms with Crippen LogP contribution in [0.4, 0.5) is 9.59 Å². The third kappa shape index (κ3) is 7.03. The van der Waals surface area contributed by atoms with Crippen LogP contribution in [0.5, 0.6) is 0 Å². The Morgan fingerprint density at radius 3 is 2.35 bits per heavy atom. The predicted octanol–water partition coefficient (Wildman–Crippen LogP) is 5.00. The summed E-state index contributed by atoms with van der Waals surface area (Å²) in [6.45, 7) is 13.0.